The number of barbiturate groups is 1. The van der Waals surface area contributed by atoms with Crippen molar-refractivity contribution in [3.05, 3.63) is 93.5 Å². The molecule has 1 heterocycles. The third-order valence-corrected chi connectivity index (χ3v) is 10.5. The van der Waals surface area contributed by atoms with Crippen LogP contribution in [0, 0.1) is 24.7 Å². The Morgan fingerprint density at radius 3 is 2.22 bits per heavy atom. The number of halogens is 1. The van der Waals surface area contributed by atoms with E-state index in [1.165, 1.54) is 50.2 Å². The van der Waals surface area contributed by atoms with Crippen molar-refractivity contribution < 1.29 is 23.9 Å². The average molecular weight is 669 g/mol. The van der Waals surface area contributed by atoms with Crippen LogP contribution in [0.25, 0.3) is 6.08 Å². The van der Waals surface area contributed by atoms with E-state index in [2.05, 4.69) is 38.7 Å². The van der Waals surface area contributed by atoms with E-state index in [0.29, 0.717) is 27.2 Å². The second-order valence-corrected chi connectivity index (χ2v) is 13.9. The molecule has 0 atom stereocenters. The van der Waals surface area contributed by atoms with Gasteiger partial charge in [0.2, 0.25) is 0 Å². The number of carbonyl (C=O) groups excluding carboxylic acids is 4. The molecule has 3 aromatic carbocycles. The van der Waals surface area contributed by atoms with Crippen molar-refractivity contribution in [2.24, 2.45) is 17.8 Å². The van der Waals surface area contributed by atoms with Gasteiger partial charge in [0.1, 0.15) is 11.3 Å². The fraction of sp³-hybridized carbons (Fsp3) is 0.333. The summed E-state index contributed by atoms with van der Waals surface area (Å²) in [7, 11) is 0. The van der Waals surface area contributed by atoms with Crippen molar-refractivity contribution >= 4 is 57.1 Å². The lowest BCUT2D eigenvalue weighted by molar-refractivity contribution is -0.122. The van der Waals surface area contributed by atoms with Crippen LogP contribution < -0.4 is 20.3 Å². The Bertz CT molecular complexity index is 1690. The van der Waals surface area contributed by atoms with Crippen LogP contribution in [0.15, 0.2) is 76.8 Å². The molecule has 8 rings (SSSR count). The summed E-state index contributed by atoms with van der Waals surface area (Å²) in [4.78, 5) is 52.6. The molecule has 0 radical (unpaired) electrons. The van der Waals surface area contributed by atoms with Crippen LogP contribution in [-0.4, -0.2) is 30.4 Å². The molecule has 0 spiro atoms. The predicted octanol–water partition coefficient (Wildman–Crippen LogP) is 6.91. The molecular weight excluding hydrogens is 634 g/mol. The highest BCUT2D eigenvalue weighted by Gasteiger charge is 2.51. The molecule has 230 valence electrons. The number of rotatable bonds is 7. The number of anilines is 2. The molecule has 5 amide bonds. The van der Waals surface area contributed by atoms with Gasteiger partial charge in [0, 0.05) is 5.69 Å². The Hall–Kier alpha value is -4.24. The van der Waals surface area contributed by atoms with E-state index >= 15 is 0 Å². The lowest BCUT2D eigenvalue weighted by atomic mass is 9.48. The van der Waals surface area contributed by atoms with Gasteiger partial charge in [-0.2, -0.15) is 0 Å². The predicted molar refractivity (Wildman–Crippen MR) is 175 cm³/mol. The molecule has 5 fully saturated rings. The lowest BCUT2D eigenvalue weighted by Crippen LogP contribution is -2.54. The van der Waals surface area contributed by atoms with E-state index in [-0.39, 0.29) is 23.5 Å². The van der Waals surface area contributed by atoms with E-state index in [4.69, 9.17) is 4.74 Å². The third-order valence-electron chi connectivity index (χ3n) is 9.84. The van der Waals surface area contributed by atoms with Gasteiger partial charge in [0.05, 0.1) is 10.2 Å². The fourth-order valence-corrected chi connectivity index (χ4v) is 8.70. The van der Waals surface area contributed by atoms with Crippen LogP contribution in [0.2, 0.25) is 0 Å². The maximum Gasteiger partial charge on any atom is 0.335 e. The monoisotopic (exact) mass is 667 g/mol. The Kier molecular flexibility index (Phi) is 7.60. The SMILES string of the molecule is Cc1ccc(NC(=O)COc2ccc(/C=C3\C(=O)NC(=O)N(c4ccc(C56CC7CC(CC(C7)C5)C6)cc4)C3=O)cc2Br)cc1. The van der Waals surface area contributed by atoms with Crippen LogP contribution in [-0.2, 0) is 19.8 Å². The first-order chi connectivity index (χ1) is 21.7. The molecule has 1 saturated heterocycles. The van der Waals surface area contributed by atoms with Gasteiger partial charge in [-0.3, -0.25) is 19.7 Å². The number of hydrogen-bond donors (Lipinski definition) is 2. The second-order valence-electron chi connectivity index (χ2n) is 13.1. The maximum atomic E-state index is 13.6. The highest BCUT2D eigenvalue weighted by atomic mass is 79.9. The molecule has 4 saturated carbocycles. The van der Waals surface area contributed by atoms with Crippen molar-refractivity contribution in [1.29, 1.82) is 0 Å². The summed E-state index contributed by atoms with van der Waals surface area (Å²) in [5.74, 6) is 1.12. The summed E-state index contributed by atoms with van der Waals surface area (Å²) < 4.78 is 6.22. The van der Waals surface area contributed by atoms with Crippen LogP contribution in [0.1, 0.15) is 55.2 Å². The first kappa shape index (κ1) is 29.5. The fourth-order valence-electron chi connectivity index (χ4n) is 8.19. The molecule has 45 heavy (non-hydrogen) atoms. The molecular formula is C36H34BrN3O5. The molecule has 5 aliphatic rings. The van der Waals surface area contributed by atoms with E-state index in [1.54, 1.807) is 18.2 Å². The Balaban J connectivity index is 1.04. The second kappa shape index (κ2) is 11.6. The molecule has 8 nitrogen and oxygen atoms in total. The van der Waals surface area contributed by atoms with Crippen molar-refractivity contribution in [3.63, 3.8) is 0 Å². The summed E-state index contributed by atoms with van der Waals surface area (Å²) in [5, 5.41) is 5.10. The van der Waals surface area contributed by atoms with Gasteiger partial charge in [0.15, 0.2) is 6.61 Å². The number of amides is 5. The minimum Gasteiger partial charge on any atom is -0.483 e. The number of ether oxygens (including phenoxy) is 1. The Morgan fingerprint density at radius 2 is 1.60 bits per heavy atom. The van der Waals surface area contributed by atoms with Crippen molar-refractivity contribution in [1.82, 2.24) is 5.32 Å². The first-order valence-electron chi connectivity index (χ1n) is 15.5. The summed E-state index contributed by atoms with van der Waals surface area (Å²) >= 11 is 3.45. The topological polar surface area (TPSA) is 105 Å². The molecule has 4 bridgehead atoms. The molecule has 4 aliphatic carbocycles. The van der Waals surface area contributed by atoms with Crippen LogP contribution in [0.5, 0.6) is 5.75 Å². The van der Waals surface area contributed by atoms with Crippen LogP contribution in [0.4, 0.5) is 16.2 Å². The van der Waals surface area contributed by atoms with E-state index in [1.807, 2.05) is 43.3 Å². The van der Waals surface area contributed by atoms with E-state index in [0.717, 1.165) is 28.2 Å². The zero-order valence-corrected chi connectivity index (χ0v) is 26.6. The number of aryl methyl sites for hydroxylation is 1. The van der Waals surface area contributed by atoms with Gasteiger partial charge in [-0.1, -0.05) is 35.9 Å². The van der Waals surface area contributed by atoms with Crippen molar-refractivity contribution in [2.45, 2.75) is 50.9 Å². The quantitative estimate of drug-likeness (QED) is 0.210. The van der Waals surface area contributed by atoms with Gasteiger partial charge < -0.3 is 10.1 Å². The summed E-state index contributed by atoms with van der Waals surface area (Å²) in [5.41, 5.74) is 4.09. The Morgan fingerprint density at radius 1 is 0.956 bits per heavy atom. The normalized spacial score (nSPS) is 26.3. The molecule has 1 aliphatic heterocycles. The number of imide groups is 2. The minimum atomic E-state index is -0.765. The number of hydrogen-bond acceptors (Lipinski definition) is 5. The number of carbonyl (C=O) groups is 4. The van der Waals surface area contributed by atoms with E-state index in [9.17, 15) is 19.2 Å². The number of nitrogens with zero attached hydrogens (tertiary/aromatic N) is 1. The molecule has 3 aromatic rings. The zero-order valence-electron chi connectivity index (χ0n) is 25.0. The summed E-state index contributed by atoms with van der Waals surface area (Å²) in [6.45, 7) is 1.77. The average Bonchev–Trinajstić information content (AvgIpc) is 2.99. The third kappa shape index (κ3) is 5.81. The zero-order chi connectivity index (χ0) is 31.3. The molecule has 9 heteroatoms. The van der Waals surface area contributed by atoms with Crippen LogP contribution >= 0.6 is 15.9 Å². The van der Waals surface area contributed by atoms with Gasteiger partial charge in [-0.15, -0.1) is 0 Å². The smallest absolute Gasteiger partial charge is 0.335 e. The standard InChI is InChI=1S/C36H34BrN3O5/c1-21-2-7-27(8-3-21)38-32(41)20-45-31-11-4-22(16-30(31)37)15-29-33(42)39-35(44)40(34(29)43)28-9-5-26(6-10-28)36-17-23-12-24(18-36)14-25(13-23)19-36/h2-11,15-16,23-25H,12-14,17-20H2,1H3,(H,38,41)(H,39,42,44)/b29-15+. The number of benzene rings is 3. The van der Waals surface area contributed by atoms with Gasteiger partial charge >= 0.3 is 6.03 Å². The van der Waals surface area contributed by atoms with E-state index < -0.39 is 17.8 Å². The van der Waals surface area contributed by atoms with Gasteiger partial charge in [-0.25, -0.2) is 9.69 Å². The summed E-state index contributed by atoms with van der Waals surface area (Å²) in [6, 6.07) is 19.5. The largest absolute Gasteiger partial charge is 0.483 e. The minimum absolute atomic E-state index is 0.155. The maximum absolute atomic E-state index is 13.6. The first-order valence-corrected chi connectivity index (χ1v) is 16.3. The van der Waals surface area contributed by atoms with Gasteiger partial charge in [-0.05, 0) is 138 Å². The number of urea groups is 1. The van der Waals surface area contributed by atoms with Crippen LogP contribution in [0.3, 0.4) is 0 Å². The van der Waals surface area contributed by atoms with Gasteiger partial charge in [0.25, 0.3) is 17.7 Å². The summed E-state index contributed by atoms with van der Waals surface area (Å²) in [6.07, 6.45) is 9.21. The molecule has 2 N–H and O–H groups in total. The van der Waals surface area contributed by atoms with Crippen molar-refractivity contribution in [3.8, 4) is 5.75 Å². The Labute approximate surface area is 270 Å². The van der Waals surface area contributed by atoms with Crippen molar-refractivity contribution in [2.75, 3.05) is 16.8 Å². The highest BCUT2D eigenvalue weighted by Crippen LogP contribution is 2.60. The molecule has 0 aromatic heterocycles. The highest BCUT2D eigenvalue weighted by molar-refractivity contribution is 9.10. The molecule has 0 unspecified atom stereocenters. The lowest BCUT2D eigenvalue weighted by Gasteiger charge is -2.57. The number of nitrogens with one attached hydrogen (secondary N) is 2.